The number of carbonyl (C=O) groups is 1. The van der Waals surface area contributed by atoms with Crippen LogP contribution in [0.2, 0.25) is 0 Å². The SMILES string of the molecule is NC1CCCC(C(=O)N2CCC(C(F)(F)F)CC2)C1. The number of amides is 1. The van der Waals surface area contributed by atoms with Gasteiger partial charge in [-0.15, -0.1) is 0 Å². The van der Waals surface area contributed by atoms with Crippen molar-refractivity contribution in [2.45, 2.75) is 50.7 Å². The zero-order chi connectivity index (χ0) is 14.0. The van der Waals surface area contributed by atoms with Crippen molar-refractivity contribution in [1.29, 1.82) is 0 Å². The Morgan fingerprint density at radius 2 is 1.74 bits per heavy atom. The quantitative estimate of drug-likeness (QED) is 0.800. The molecular formula is C13H21F3N2O. The van der Waals surface area contributed by atoms with Crippen LogP contribution in [0, 0.1) is 11.8 Å². The van der Waals surface area contributed by atoms with Crippen LogP contribution in [-0.4, -0.2) is 36.1 Å². The molecule has 0 radical (unpaired) electrons. The molecule has 1 aliphatic heterocycles. The van der Waals surface area contributed by atoms with Crippen LogP contribution in [0.15, 0.2) is 0 Å². The van der Waals surface area contributed by atoms with Gasteiger partial charge in [0.25, 0.3) is 0 Å². The Morgan fingerprint density at radius 3 is 2.26 bits per heavy atom. The fourth-order valence-corrected chi connectivity index (χ4v) is 3.14. The number of likely N-dealkylation sites (tertiary alicyclic amines) is 1. The molecule has 0 spiro atoms. The fraction of sp³-hybridized carbons (Fsp3) is 0.923. The first-order valence-corrected chi connectivity index (χ1v) is 6.99. The van der Waals surface area contributed by atoms with Gasteiger partial charge >= 0.3 is 6.18 Å². The van der Waals surface area contributed by atoms with Crippen LogP contribution in [0.4, 0.5) is 13.2 Å². The van der Waals surface area contributed by atoms with E-state index in [1.807, 2.05) is 0 Å². The van der Waals surface area contributed by atoms with Crippen molar-refractivity contribution in [3.05, 3.63) is 0 Å². The lowest BCUT2D eigenvalue weighted by atomic mass is 9.84. The summed E-state index contributed by atoms with van der Waals surface area (Å²) in [5, 5.41) is 0. The number of alkyl halides is 3. The number of piperidine rings is 1. The van der Waals surface area contributed by atoms with Crippen molar-refractivity contribution in [3.8, 4) is 0 Å². The molecule has 1 amide bonds. The number of halogens is 3. The Balaban J connectivity index is 1.85. The number of carbonyl (C=O) groups excluding carboxylic acids is 1. The molecule has 0 aromatic carbocycles. The van der Waals surface area contributed by atoms with Crippen molar-refractivity contribution in [3.63, 3.8) is 0 Å². The van der Waals surface area contributed by atoms with Crippen molar-refractivity contribution in [1.82, 2.24) is 4.90 Å². The molecule has 0 aromatic heterocycles. The summed E-state index contributed by atoms with van der Waals surface area (Å²) < 4.78 is 37.7. The molecule has 1 heterocycles. The molecule has 2 aliphatic rings. The second kappa shape index (κ2) is 5.69. The Hall–Kier alpha value is -0.780. The number of hydrogen-bond acceptors (Lipinski definition) is 2. The average molecular weight is 278 g/mol. The van der Waals surface area contributed by atoms with Gasteiger partial charge in [-0.05, 0) is 32.1 Å². The highest BCUT2D eigenvalue weighted by Crippen LogP contribution is 2.35. The van der Waals surface area contributed by atoms with E-state index in [2.05, 4.69) is 0 Å². The zero-order valence-electron chi connectivity index (χ0n) is 11.0. The minimum absolute atomic E-state index is 0.00998. The van der Waals surface area contributed by atoms with Crippen LogP contribution >= 0.6 is 0 Å². The van der Waals surface area contributed by atoms with E-state index in [4.69, 9.17) is 5.73 Å². The summed E-state index contributed by atoms with van der Waals surface area (Å²) in [7, 11) is 0. The summed E-state index contributed by atoms with van der Waals surface area (Å²) in [5.41, 5.74) is 5.85. The predicted molar refractivity (Wildman–Crippen MR) is 65.3 cm³/mol. The second-order valence-corrected chi connectivity index (χ2v) is 5.76. The van der Waals surface area contributed by atoms with Gasteiger partial charge in [-0.2, -0.15) is 13.2 Å². The maximum absolute atomic E-state index is 12.6. The third-order valence-electron chi connectivity index (χ3n) is 4.33. The standard InChI is InChI=1S/C13H21F3N2O/c14-13(15,16)10-4-6-18(7-5-10)12(19)9-2-1-3-11(17)8-9/h9-11H,1-8,17H2. The molecule has 3 nitrogen and oxygen atoms in total. The van der Waals surface area contributed by atoms with E-state index in [1.165, 1.54) is 0 Å². The van der Waals surface area contributed by atoms with Crippen LogP contribution in [0.5, 0.6) is 0 Å². The van der Waals surface area contributed by atoms with E-state index in [-0.39, 0.29) is 43.8 Å². The minimum atomic E-state index is -4.12. The van der Waals surface area contributed by atoms with E-state index in [0.29, 0.717) is 6.42 Å². The first-order valence-electron chi connectivity index (χ1n) is 6.99. The summed E-state index contributed by atoms with van der Waals surface area (Å²) in [4.78, 5) is 13.8. The van der Waals surface area contributed by atoms with Crippen molar-refractivity contribution in [2.75, 3.05) is 13.1 Å². The Labute approximate surface area is 111 Å². The highest BCUT2D eigenvalue weighted by Gasteiger charge is 2.42. The van der Waals surface area contributed by atoms with Crippen LogP contribution in [0.25, 0.3) is 0 Å². The molecule has 6 heteroatoms. The second-order valence-electron chi connectivity index (χ2n) is 5.76. The Morgan fingerprint density at radius 1 is 1.11 bits per heavy atom. The Bertz CT molecular complexity index is 324. The molecule has 1 saturated carbocycles. The van der Waals surface area contributed by atoms with Gasteiger partial charge in [0.1, 0.15) is 0 Å². The third-order valence-corrected chi connectivity index (χ3v) is 4.33. The summed E-state index contributed by atoms with van der Waals surface area (Å²) >= 11 is 0. The van der Waals surface area contributed by atoms with Gasteiger partial charge in [0, 0.05) is 25.0 Å². The molecule has 1 saturated heterocycles. The largest absolute Gasteiger partial charge is 0.391 e. The molecule has 0 aromatic rings. The van der Waals surface area contributed by atoms with Crippen LogP contribution in [0.1, 0.15) is 38.5 Å². The summed E-state index contributed by atoms with van der Waals surface area (Å²) in [5.74, 6) is -1.31. The molecule has 2 rings (SSSR count). The van der Waals surface area contributed by atoms with E-state index in [0.717, 1.165) is 19.3 Å². The first-order chi connectivity index (χ1) is 8.88. The molecule has 2 atom stereocenters. The summed E-state index contributed by atoms with van der Waals surface area (Å²) in [6, 6.07) is 0.0652. The molecule has 1 aliphatic carbocycles. The van der Waals surface area contributed by atoms with Gasteiger partial charge in [0.2, 0.25) is 5.91 Å². The van der Waals surface area contributed by atoms with Crippen LogP contribution in [-0.2, 0) is 4.79 Å². The van der Waals surface area contributed by atoms with Crippen molar-refractivity contribution in [2.24, 2.45) is 17.6 Å². The molecule has 2 fully saturated rings. The van der Waals surface area contributed by atoms with Crippen LogP contribution < -0.4 is 5.73 Å². The average Bonchev–Trinajstić information content (AvgIpc) is 2.37. The first kappa shape index (κ1) is 14.6. The number of hydrogen-bond donors (Lipinski definition) is 1. The third kappa shape index (κ3) is 3.61. The van der Waals surface area contributed by atoms with Gasteiger partial charge in [0.05, 0.1) is 5.92 Å². The number of rotatable bonds is 1. The van der Waals surface area contributed by atoms with Gasteiger partial charge in [-0.1, -0.05) is 6.42 Å². The number of nitrogens with zero attached hydrogens (tertiary/aromatic N) is 1. The zero-order valence-corrected chi connectivity index (χ0v) is 11.0. The lowest BCUT2D eigenvalue weighted by Crippen LogP contribution is -2.46. The van der Waals surface area contributed by atoms with Crippen molar-refractivity contribution >= 4 is 5.91 Å². The topological polar surface area (TPSA) is 46.3 Å². The van der Waals surface area contributed by atoms with Gasteiger partial charge in [-0.25, -0.2) is 0 Å². The van der Waals surface area contributed by atoms with E-state index >= 15 is 0 Å². The normalized spacial score (nSPS) is 30.4. The van der Waals surface area contributed by atoms with Crippen molar-refractivity contribution < 1.29 is 18.0 Å². The highest BCUT2D eigenvalue weighted by atomic mass is 19.4. The minimum Gasteiger partial charge on any atom is -0.342 e. The maximum atomic E-state index is 12.6. The fourth-order valence-electron chi connectivity index (χ4n) is 3.14. The van der Waals surface area contributed by atoms with E-state index in [1.54, 1.807) is 4.90 Å². The van der Waals surface area contributed by atoms with Gasteiger partial charge in [0.15, 0.2) is 0 Å². The number of nitrogens with two attached hydrogens (primary N) is 1. The van der Waals surface area contributed by atoms with Gasteiger partial charge in [-0.3, -0.25) is 4.79 Å². The van der Waals surface area contributed by atoms with E-state index in [9.17, 15) is 18.0 Å². The molecule has 110 valence electrons. The lowest BCUT2D eigenvalue weighted by Gasteiger charge is -2.36. The molecule has 0 bridgehead atoms. The maximum Gasteiger partial charge on any atom is 0.391 e. The lowest BCUT2D eigenvalue weighted by molar-refractivity contribution is -0.187. The summed E-state index contributed by atoms with van der Waals surface area (Å²) in [6.45, 7) is 0.462. The predicted octanol–water partition coefficient (Wildman–Crippen LogP) is 2.30. The van der Waals surface area contributed by atoms with Crippen LogP contribution in [0.3, 0.4) is 0 Å². The molecule has 2 unspecified atom stereocenters. The smallest absolute Gasteiger partial charge is 0.342 e. The van der Waals surface area contributed by atoms with E-state index < -0.39 is 12.1 Å². The van der Waals surface area contributed by atoms with Gasteiger partial charge < -0.3 is 10.6 Å². The molecule has 2 N–H and O–H groups in total. The molecular weight excluding hydrogens is 257 g/mol. The Kier molecular flexibility index (Phi) is 4.38. The monoisotopic (exact) mass is 278 g/mol. The summed E-state index contributed by atoms with van der Waals surface area (Å²) in [6.07, 6.45) is -0.662. The highest BCUT2D eigenvalue weighted by molar-refractivity contribution is 5.79. The molecule has 19 heavy (non-hydrogen) atoms.